The number of fused-ring (bicyclic) bond motifs is 3. The zero-order valence-corrected chi connectivity index (χ0v) is 15.8. The number of nitrogens with one attached hydrogen (secondary N) is 1. The molecule has 0 unspecified atom stereocenters. The number of esters is 1. The van der Waals surface area contributed by atoms with Gasteiger partial charge in [-0.1, -0.05) is 36.0 Å². The molecule has 4 rings (SSSR count). The van der Waals surface area contributed by atoms with E-state index in [1.165, 1.54) is 41.8 Å². The lowest BCUT2D eigenvalue weighted by Gasteiger charge is -2.29. The normalized spacial score (nSPS) is 21.1. The van der Waals surface area contributed by atoms with E-state index in [2.05, 4.69) is 5.32 Å². The zero-order valence-electron chi connectivity index (χ0n) is 15.0. The first-order valence-electron chi connectivity index (χ1n) is 8.80. The summed E-state index contributed by atoms with van der Waals surface area (Å²) >= 11 is 1.27. The van der Waals surface area contributed by atoms with Gasteiger partial charge in [0.2, 0.25) is 5.91 Å². The largest absolute Gasteiger partial charge is 0.450 e. The van der Waals surface area contributed by atoms with Gasteiger partial charge in [0.25, 0.3) is 5.91 Å². The van der Waals surface area contributed by atoms with Gasteiger partial charge in [-0.2, -0.15) is 0 Å². The molecule has 2 aliphatic rings. The number of hydrogen-bond donors (Lipinski definition) is 1. The molecule has 0 aromatic heterocycles. The van der Waals surface area contributed by atoms with E-state index in [4.69, 9.17) is 4.74 Å². The highest BCUT2D eigenvalue weighted by Gasteiger charge is 2.58. The molecule has 144 valence electrons. The Bertz CT molecular complexity index is 982. The van der Waals surface area contributed by atoms with Gasteiger partial charge in [0.1, 0.15) is 5.82 Å². The van der Waals surface area contributed by atoms with Crippen molar-refractivity contribution in [3.05, 3.63) is 54.3 Å². The Morgan fingerprint density at radius 3 is 2.71 bits per heavy atom. The molecule has 0 bridgehead atoms. The third-order valence-electron chi connectivity index (χ3n) is 4.78. The molecule has 0 saturated carbocycles. The van der Waals surface area contributed by atoms with Gasteiger partial charge in [-0.25, -0.2) is 9.18 Å². The molecule has 2 aromatic rings. The number of rotatable bonds is 4. The highest BCUT2D eigenvalue weighted by Crippen LogP contribution is 2.56. The van der Waals surface area contributed by atoms with Gasteiger partial charge in [-0.15, -0.1) is 0 Å². The van der Waals surface area contributed by atoms with Crippen LogP contribution in [0, 0.1) is 5.82 Å². The molecular weight excluding hydrogens is 383 g/mol. The Kier molecular flexibility index (Phi) is 4.58. The molecule has 8 heteroatoms. The topological polar surface area (TPSA) is 75.7 Å². The van der Waals surface area contributed by atoms with Crippen LogP contribution < -0.4 is 10.2 Å². The molecule has 2 aromatic carbocycles. The smallest absolute Gasteiger partial charge is 0.344 e. The molecule has 28 heavy (non-hydrogen) atoms. The van der Waals surface area contributed by atoms with Gasteiger partial charge in [0.05, 0.1) is 11.4 Å². The van der Waals surface area contributed by atoms with Crippen LogP contribution >= 0.6 is 11.8 Å². The molecule has 1 N–H and O–H groups in total. The lowest BCUT2D eigenvalue weighted by atomic mass is 10.2. The first kappa shape index (κ1) is 18.5. The Morgan fingerprint density at radius 1 is 1.21 bits per heavy atom. The van der Waals surface area contributed by atoms with E-state index in [1.54, 1.807) is 18.2 Å². The number of carbonyl (C=O) groups excluding carboxylic acids is 3. The average molecular weight is 400 g/mol. The lowest BCUT2D eigenvalue weighted by Crippen LogP contribution is -2.49. The van der Waals surface area contributed by atoms with Crippen molar-refractivity contribution in [1.82, 2.24) is 0 Å². The summed E-state index contributed by atoms with van der Waals surface area (Å²) in [6, 6.07) is 13.0. The minimum Gasteiger partial charge on any atom is -0.450 e. The maximum atomic E-state index is 13.7. The predicted octanol–water partition coefficient (Wildman–Crippen LogP) is 3.32. The van der Waals surface area contributed by atoms with Crippen LogP contribution in [0.1, 0.15) is 19.8 Å². The maximum absolute atomic E-state index is 13.7. The van der Waals surface area contributed by atoms with Crippen molar-refractivity contribution in [3.63, 3.8) is 0 Å². The van der Waals surface area contributed by atoms with Crippen molar-refractivity contribution >= 4 is 40.9 Å². The molecule has 1 saturated heterocycles. The number of anilines is 2. The summed E-state index contributed by atoms with van der Waals surface area (Å²) in [6.45, 7) is 1.42. The van der Waals surface area contributed by atoms with Crippen molar-refractivity contribution in [3.8, 4) is 0 Å². The van der Waals surface area contributed by atoms with Crippen molar-refractivity contribution in [2.45, 2.75) is 35.6 Å². The number of hydrogen-bond acceptors (Lipinski definition) is 5. The van der Waals surface area contributed by atoms with E-state index in [-0.39, 0.29) is 18.0 Å². The van der Waals surface area contributed by atoms with E-state index in [9.17, 15) is 18.8 Å². The Hall–Kier alpha value is -2.87. The number of para-hydroxylation sites is 2. The standard InChI is InChI=1S/C20H17FN2O4S/c1-12(18(25)22-14-7-3-2-6-13(14)21)27-19(26)20-11-10-17(24)23(20)15-8-4-5-9-16(15)28-20/h2-9,12H,10-11H2,1H3,(H,22,25)/t12-,20-/m1/s1. The average Bonchev–Trinajstić information content (AvgIpc) is 3.19. The van der Waals surface area contributed by atoms with Crippen molar-refractivity contribution < 1.29 is 23.5 Å². The highest BCUT2D eigenvalue weighted by molar-refractivity contribution is 8.02. The van der Waals surface area contributed by atoms with Gasteiger partial charge in [-0.05, 0) is 31.2 Å². The van der Waals surface area contributed by atoms with Crippen molar-refractivity contribution in [2.24, 2.45) is 0 Å². The van der Waals surface area contributed by atoms with Crippen LogP contribution in [0.3, 0.4) is 0 Å². The highest BCUT2D eigenvalue weighted by atomic mass is 32.2. The molecule has 2 heterocycles. The summed E-state index contributed by atoms with van der Waals surface area (Å²) in [6.07, 6.45) is -0.624. The fourth-order valence-electron chi connectivity index (χ4n) is 3.38. The molecule has 2 aliphatic heterocycles. The number of halogens is 1. The van der Waals surface area contributed by atoms with E-state index in [0.29, 0.717) is 12.1 Å². The minimum atomic E-state index is -1.20. The second-order valence-corrected chi connectivity index (χ2v) is 7.92. The summed E-state index contributed by atoms with van der Waals surface area (Å²) in [5.74, 6) is -2.04. The molecule has 1 fully saturated rings. The molecule has 0 aliphatic carbocycles. The van der Waals surface area contributed by atoms with Gasteiger partial charge < -0.3 is 10.1 Å². The van der Waals surface area contributed by atoms with Crippen LogP contribution in [-0.4, -0.2) is 28.8 Å². The van der Waals surface area contributed by atoms with E-state index in [0.717, 1.165) is 4.90 Å². The summed E-state index contributed by atoms with van der Waals surface area (Å²) in [5.41, 5.74) is 0.685. The second kappa shape index (κ2) is 6.94. The van der Waals surface area contributed by atoms with E-state index < -0.39 is 28.7 Å². The van der Waals surface area contributed by atoms with E-state index >= 15 is 0 Å². The molecule has 2 atom stereocenters. The Labute approximate surface area is 165 Å². The van der Waals surface area contributed by atoms with Crippen molar-refractivity contribution in [1.29, 1.82) is 0 Å². The van der Waals surface area contributed by atoms with Crippen LogP contribution in [-0.2, 0) is 19.1 Å². The number of amides is 2. The van der Waals surface area contributed by atoms with Crippen LogP contribution in [0.25, 0.3) is 0 Å². The van der Waals surface area contributed by atoms with Crippen LogP contribution in [0.5, 0.6) is 0 Å². The number of nitrogens with zero attached hydrogens (tertiary/aromatic N) is 1. The van der Waals surface area contributed by atoms with Crippen LogP contribution in [0.15, 0.2) is 53.4 Å². The first-order chi connectivity index (χ1) is 13.4. The number of thioether (sulfide) groups is 1. The van der Waals surface area contributed by atoms with E-state index in [1.807, 2.05) is 12.1 Å². The fraction of sp³-hybridized carbons (Fsp3) is 0.250. The molecular formula is C20H17FN2O4S. The summed E-state index contributed by atoms with van der Waals surface area (Å²) < 4.78 is 19.1. The summed E-state index contributed by atoms with van der Waals surface area (Å²) in [4.78, 5) is 38.8. The van der Waals surface area contributed by atoms with Crippen molar-refractivity contribution in [2.75, 3.05) is 10.2 Å². The number of ether oxygens (including phenoxy) is 1. The third kappa shape index (κ3) is 2.93. The SMILES string of the molecule is C[C@@H](OC(=O)[C@]12CCC(=O)N1c1ccccc1S2)C(=O)Nc1ccccc1F. The molecule has 0 radical (unpaired) electrons. The number of carbonyl (C=O) groups is 3. The minimum absolute atomic E-state index is 0.00822. The Morgan fingerprint density at radius 2 is 1.93 bits per heavy atom. The zero-order chi connectivity index (χ0) is 19.9. The lowest BCUT2D eigenvalue weighted by molar-refractivity contribution is -0.155. The first-order valence-corrected chi connectivity index (χ1v) is 9.61. The van der Waals surface area contributed by atoms with Gasteiger partial charge in [0, 0.05) is 17.7 Å². The molecule has 2 amide bonds. The van der Waals surface area contributed by atoms with Gasteiger partial charge in [-0.3, -0.25) is 14.5 Å². The maximum Gasteiger partial charge on any atom is 0.344 e. The van der Waals surface area contributed by atoms with Gasteiger partial charge in [0.15, 0.2) is 11.0 Å². The van der Waals surface area contributed by atoms with Crippen LogP contribution in [0.2, 0.25) is 0 Å². The molecule has 0 spiro atoms. The summed E-state index contributed by atoms with van der Waals surface area (Å²) in [7, 11) is 0. The number of benzene rings is 2. The quantitative estimate of drug-likeness (QED) is 0.797. The summed E-state index contributed by atoms with van der Waals surface area (Å²) in [5, 5.41) is 2.41. The molecule has 6 nitrogen and oxygen atoms in total. The second-order valence-electron chi connectivity index (χ2n) is 6.60. The predicted molar refractivity (Wildman–Crippen MR) is 102 cm³/mol. The van der Waals surface area contributed by atoms with Crippen LogP contribution in [0.4, 0.5) is 15.8 Å². The monoisotopic (exact) mass is 400 g/mol. The Balaban J connectivity index is 1.51. The van der Waals surface area contributed by atoms with Gasteiger partial charge >= 0.3 is 5.97 Å². The fourth-order valence-corrected chi connectivity index (χ4v) is 4.78. The third-order valence-corrected chi connectivity index (χ3v) is 6.23.